The van der Waals surface area contributed by atoms with E-state index in [1.54, 1.807) is 7.11 Å². The number of carboxylic acid groups (broad SMARTS) is 1. The summed E-state index contributed by atoms with van der Waals surface area (Å²) in [6.07, 6.45) is 6.74. The lowest BCUT2D eigenvalue weighted by Crippen LogP contribution is -2.41. The zero-order valence-electron chi connectivity index (χ0n) is 14.6. The summed E-state index contributed by atoms with van der Waals surface area (Å²) in [4.78, 5) is 20.1. The number of methoxy groups -OCH3 is 1. The van der Waals surface area contributed by atoms with Gasteiger partial charge in [-0.05, 0) is 44.8 Å². The van der Waals surface area contributed by atoms with Crippen molar-refractivity contribution in [2.24, 2.45) is 5.41 Å². The summed E-state index contributed by atoms with van der Waals surface area (Å²) in [5, 5.41) is 9.35. The predicted molar refractivity (Wildman–Crippen MR) is 89.7 cm³/mol. The SMILES string of the molecule is COCCn1cncc1CN1CCC2(CC1)C[C@@H](C(=O)O)N(C)C2. The second-order valence-electron chi connectivity index (χ2n) is 7.32. The van der Waals surface area contributed by atoms with Crippen molar-refractivity contribution in [2.75, 3.05) is 40.4 Å². The van der Waals surface area contributed by atoms with Crippen molar-refractivity contribution in [3.8, 4) is 0 Å². The molecule has 0 saturated carbocycles. The van der Waals surface area contributed by atoms with Crippen LogP contribution in [0.1, 0.15) is 25.0 Å². The number of likely N-dealkylation sites (tertiary alicyclic amines) is 2. The Hall–Kier alpha value is -1.44. The fraction of sp³-hybridized carbons (Fsp3) is 0.765. The molecule has 0 aliphatic carbocycles. The monoisotopic (exact) mass is 336 g/mol. The molecule has 7 heteroatoms. The van der Waals surface area contributed by atoms with E-state index in [1.165, 1.54) is 5.69 Å². The first-order valence-electron chi connectivity index (χ1n) is 8.66. The summed E-state index contributed by atoms with van der Waals surface area (Å²) in [5.74, 6) is -0.682. The zero-order chi connectivity index (χ0) is 17.2. The van der Waals surface area contributed by atoms with E-state index in [0.717, 1.165) is 52.0 Å². The fourth-order valence-electron chi connectivity index (χ4n) is 4.19. The summed E-state index contributed by atoms with van der Waals surface area (Å²) in [7, 11) is 3.65. The van der Waals surface area contributed by atoms with Gasteiger partial charge in [-0.2, -0.15) is 0 Å². The molecule has 0 radical (unpaired) electrons. The lowest BCUT2D eigenvalue weighted by molar-refractivity contribution is -0.141. The Bertz CT molecular complexity index is 566. The van der Waals surface area contributed by atoms with Crippen LogP contribution < -0.4 is 0 Å². The summed E-state index contributed by atoms with van der Waals surface area (Å²) >= 11 is 0. The van der Waals surface area contributed by atoms with Crippen LogP contribution in [0.3, 0.4) is 0 Å². The topological polar surface area (TPSA) is 70.8 Å². The Labute approximate surface area is 143 Å². The third kappa shape index (κ3) is 3.63. The molecule has 3 rings (SSSR count). The summed E-state index contributed by atoms with van der Waals surface area (Å²) in [5.41, 5.74) is 1.40. The van der Waals surface area contributed by atoms with Crippen molar-refractivity contribution >= 4 is 5.97 Å². The Balaban J connectivity index is 1.55. The number of hydrogen-bond donors (Lipinski definition) is 1. The lowest BCUT2D eigenvalue weighted by atomic mass is 9.76. The largest absolute Gasteiger partial charge is 0.480 e. The fourth-order valence-corrected chi connectivity index (χ4v) is 4.19. The van der Waals surface area contributed by atoms with Crippen molar-refractivity contribution < 1.29 is 14.6 Å². The first kappa shape index (κ1) is 17.4. The number of aliphatic carboxylic acids is 1. The van der Waals surface area contributed by atoms with Gasteiger partial charge in [-0.15, -0.1) is 0 Å². The molecule has 24 heavy (non-hydrogen) atoms. The van der Waals surface area contributed by atoms with Crippen molar-refractivity contribution in [2.45, 2.75) is 38.4 Å². The maximum absolute atomic E-state index is 11.4. The lowest BCUT2D eigenvalue weighted by Gasteiger charge is -2.39. The number of aromatic nitrogens is 2. The molecule has 1 N–H and O–H groups in total. The molecular formula is C17H28N4O3. The molecule has 0 unspecified atom stereocenters. The second-order valence-corrected chi connectivity index (χ2v) is 7.32. The van der Waals surface area contributed by atoms with Crippen molar-refractivity contribution in [3.05, 3.63) is 18.2 Å². The number of ether oxygens (including phenoxy) is 1. The molecule has 3 heterocycles. The van der Waals surface area contributed by atoms with Crippen LogP contribution in [-0.4, -0.2) is 76.9 Å². The third-order valence-corrected chi connectivity index (χ3v) is 5.67. The molecule has 134 valence electrons. The Kier molecular flexibility index (Phi) is 5.22. The average molecular weight is 336 g/mol. The van der Waals surface area contributed by atoms with Gasteiger partial charge in [-0.25, -0.2) is 4.98 Å². The van der Waals surface area contributed by atoms with Crippen LogP contribution in [0, 0.1) is 5.41 Å². The molecule has 1 spiro atoms. The molecule has 0 amide bonds. The Morgan fingerprint density at radius 1 is 1.46 bits per heavy atom. The van der Waals surface area contributed by atoms with E-state index in [2.05, 4.69) is 14.5 Å². The van der Waals surface area contributed by atoms with Gasteiger partial charge in [0.15, 0.2) is 0 Å². The van der Waals surface area contributed by atoms with E-state index in [-0.39, 0.29) is 11.5 Å². The molecule has 7 nitrogen and oxygen atoms in total. The number of carbonyl (C=O) groups is 1. The highest BCUT2D eigenvalue weighted by Gasteiger charge is 2.46. The van der Waals surface area contributed by atoms with Gasteiger partial charge in [-0.3, -0.25) is 14.6 Å². The average Bonchev–Trinajstić information content (AvgIpc) is 3.12. The Morgan fingerprint density at radius 3 is 2.83 bits per heavy atom. The maximum Gasteiger partial charge on any atom is 0.320 e. The van der Waals surface area contributed by atoms with E-state index >= 15 is 0 Å². The van der Waals surface area contributed by atoms with E-state index in [1.807, 2.05) is 24.5 Å². The number of carboxylic acids is 1. The van der Waals surface area contributed by atoms with Gasteiger partial charge < -0.3 is 14.4 Å². The first-order valence-corrected chi connectivity index (χ1v) is 8.66. The van der Waals surface area contributed by atoms with Gasteiger partial charge in [0.25, 0.3) is 0 Å². The minimum atomic E-state index is -0.682. The van der Waals surface area contributed by atoms with E-state index < -0.39 is 5.97 Å². The number of nitrogens with zero attached hydrogens (tertiary/aromatic N) is 4. The van der Waals surface area contributed by atoms with Crippen molar-refractivity contribution in [1.82, 2.24) is 19.4 Å². The zero-order valence-corrected chi connectivity index (χ0v) is 14.6. The van der Waals surface area contributed by atoms with Crippen LogP contribution in [0.2, 0.25) is 0 Å². The molecule has 1 atom stereocenters. The molecule has 0 aromatic carbocycles. The highest BCUT2D eigenvalue weighted by molar-refractivity contribution is 5.74. The highest BCUT2D eigenvalue weighted by Crippen LogP contribution is 2.42. The quantitative estimate of drug-likeness (QED) is 0.832. The molecule has 1 aromatic heterocycles. The number of piperidine rings is 1. The van der Waals surface area contributed by atoms with Gasteiger partial charge in [0.2, 0.25) is 0 Å². The normalized spacial score (nSPS) is 24.7. The van der Waals surface area contributed by atoms with Gasteiger partial charge in [0, 0.05) is 32.9 Å². The van der Waals surface area contributed by atoms with Gasteiger partial charge in [-0.1, -0.05) is 0 Å². The molecule has 2 aliphatic heterocycles. The second kappa shape index (κ2) is 7.21. The van der Waals surface area contributed by atoms with Gasteiger partial charge >= 0.3 is 5.97 Å². The van der Waals surface area contributed by atoms with E-state index in [9.17, 15) is 9.90 Å². The first-order chi connectivity index (χ1) is 11.5. The summed E-state index contributed by atoms with van der Waals surface area (Å²) in [6, 6.07) is -0.313. The van der Waals surface area contributed by atoms with Crippen LogP contribution in [0.5, 0.6) is 0 Å². The predicted octanol–water partition coefficient (Wildman–Crippen LogP) is 0.900. The minimum absolute atomic E-state index is 0.185. The minimum Gasteiger partial charge on any atom is -0.480 e. The van der Waals surface area contributed by atoms with Crippen LogP contribution in [0.25, 0.3) is 0 Å². The Morgan fingerprint density at radius 2 is 2.21 bits per heavy atom. The number of likely N-dealkylation sites (N-methyl/N-ethyl adjacent to an activating group) is 1. The van der Waals surface area contributed by atoms with E-state index in [0.29, 0.717) is 6.61 Å². The van der Waals surface area contributed by atoms with E-state index in [4.69, 9.17) is 4.74 Å². The highest BCUT2D eigenvalue weighted by atomic mass is 16.5. The molecule has 2 aliphatic rings. The van der Waals surface area contributed by atoms with Crippen LogP contribution in [0.15, 0.2) is 12.5 Å². The molecule has 2 saturated heterocycles. The van der Waals surface area contributed by atoms with Crippen molar-refractivity contribution in [3.63, 3.8) is 0 Å². The maximum atomic E-state index is 11.4. The van der Waals surface area contributed by atoms with Gasteiger partial charge in [0.1, 0.15) is 6.04 Å². The number of rotatable bonds is 6. The molecule has 2 fully saturated rings. The molecular weight excluding hydrogens is 308 g/mol. The smallest absolute Gasteiger partial charge is 0.320 e. The van der Waals surface area contributed by atoms with Crippen molar-refractivity contribution in [1.29, 1.82) is 0 Å². The summed E-state index contributed by atoms with van der Waals surface area (Å²) in [6.45, 7) is 5.37. The standard InChI is InChI=1S/C17H28N4O3/c1-19-12-17(9-15(19)16(22)23)3-5-20(6-4-17)11-14-10-18-13-21(14)7-8-24-2/h10,13,15H,3-9,11-12H2,1-2H3,(H,22,23)/t15-/m0/s1. The number of hydrogen-bond acceptors (Lipinski definition) is 5. The van der Waals surface area contributed by atoms with Crippen LogP contribution >= 0.6 is 0 Å². The summed E-state index contributed by atoms with van der Waals surface area (Å²) < 4.78 is 7.30. The van der Waals surface area contributed by atoms with Gasteiger partial charge in [0.05, 0.1) is 18.6 Å². The van der Waals surface area contributed by atoms with Crippen LogP contribution in [-0.2, 0) is 22.6 Å². The number of imidazole rings is 1. The molecule has 1 aromatic rings. The van der Waals surface area contributed by atoms with Crippen LogP contribution in [0.4, 0.5) is 0 Å². The molecule has 0 bridgehead atoms. The third-order valence-electron chi connectivity index (χ3n) is 5.67.